The maximum absolute atomic E-state index is 13.3. The minimum absolute atomic E-state index is 0.239. The molecule has 2 aromatic carbocycles. The van der Waals surface area contributed by atoms with Crippen molar-refractivity contribution in [2.45, 2.75) is 6.04 Å². The molecule has 0 bridgehead atoms. The summed E-state index contributed by atoms with van der Waals surface area (Å²) in [5.74, 6) is 0.378. The van der Waals surface area contributed by atoms with Crippen molar-refractivity contribution in [2.24, 2.45) is 5.73 Å². The van der Waals surface area contributed by atoms with Crippen LogP contribution < -0.4 is 10.5 Å². The number of methoxy groups -OCH3 is 1. The van der Waals surface area contributed by atoms with Gasteiger partial charge in [0.1, 0.15) is 11.6 Å². The first-order chi connectivity index (χ1) is 10.1. The molecule has 1 heterocycles. The predicted octanol–water partition coefficient (Wildman–Crippen LogP) is 4.75. The van der Waals surface area contributed by atoms with Crippen molar-refractivity contribution >= 4 is 33.0 Å². The van der Waals surface area contributed by atoms with Gasteiger partial charge in [0.15, 0.2) is 0 Å². The summed E-state index contributed by atoms with van der Waals surface area (Å²) in [6.45, 7) is 0. The summed E-state index contributed by atoms with van der Waals surface area (Å²) in [5, 5.41) is 1.52. The van der Waals surface area contributed by atoms with Gasteiger partial charge >= 0.3 is 0 Å². The molecule has 1 aromatic heterocycles. The van der Waals surface area contributed by atoms with E-state index in [4.69, 9.17) is 22.1 Å². The van der Waals surface area contributed by atoms with Gasteiger partial charge in [-0.25, -0.2) is 4.39 Å². The first-order valence-electron chi connectivity index (χ1n) is 6.36. The smallest absolute Gasteiger partial charge is 0.137 e. The molecule has 0 aliphatic rings. The Hall–Kier alpha value is -1.62. The van der Waals surface area contributed by atoms with Crippen molar-refractivity contribution in [3.05, 3.63) is 63.7 Å². The lowest BCUT2D eigenvalue weighted by molar-refractivity contribution is 0.415. The minimum Gasteiger partial charge on any atom is -0.495 e. The molecule has 3 rings (SSSR count). The van der Waals surface area contributed by atoms with Gasteiger partial charge in [0.25, 0.3) is 0 Å². The van der Waals surface area contributed by atoms with Gasteiger partial charge in [0.2, 0.25) is 0 Å². The van der Waals surface area contributed by atoms with Gasteiger partial charge in [-0.2, -0.15) is 0 Å². The van der Waals surface area contributed by atoms with Crippen molar-refractivity contribution in [3.63, 3.8) is 0 Å². The van der Waals surface area contributed by atoms with Crippen LogP contribution in [0.25, 0.3) is 10.1 Å². The van der Waals surface area contributed by atoms with E-state index in [1.54, 1.807) is 25.3 Å². The molecule has 2 N–H and O–H groups in total. The monoisotopic (exact) mass is 321 g/mol. The minimum atomic E-state index is -0.297. The van der Waals surface area contributed by atoms with Gasteiger partial charge in [0, 0.05) is 9.58 Å². The van der Waals surface area contributed by atoms with Crippen LogP contribution in [-0.2, 0) is 0 Å². The summed E-state index contributed by atoms with van der Waals surface area (Å²) in [6, 6.07) is 11.9. The normalized spacial score (nSPS) is 12.6. The van der Waals surface area contributed by atoms with Gasteiger partial charge in [-0.15, -0.1) is 11.3 Å². The summed E-state index contributed by atoms with van der Waals surface area (Å²) in [5.41, 5.74) is 7.19. The van der Waals surface area contributed by atoms with E-state index in [-0.39, 0.29) is 11.9 Å². The van der Waals surface area contributed by atoms with Crippen molar-refractivity contribution in [1.82, 2.24) is 0 Å². The second kappa shape index (κ2) is 5.64. The van der Waals surface area contributed by atoms with Gasteiger partial charge in [-0.3, -0.25) is 0 Å². The molecule has 0 fully saturated rings. The van der Waals surface area contributed by atoms with Crippen LogP contribution in [0.2, 0.25) is 5.02 Å². The molecule has 0 radical (unpaired) electrons. The summed E-state index contributed by atoms with van der Waals surface area (Å²) in [7, 11) is 1.57. The Morgan fingerprint density at radius 2 is 2.00 bits per heavy atom. The van der Waals surface area contributed by atoms with Crippen LogP contribution in [0.5, 0.6) is 5.75 Å². The molecule has 3 aromatic rings. The van der Waals surface area contributed by atoms with E-state index in [1.807, 2.05) is 12.1 Å². The maximum atomic E-state index is 13.3. The van der Waals surface area contributed by atoms with Gasteiger partial charge in [-0.1, -0.05) is 23.7 Å². The van der Waals surface area contributed by atoms with Crippen molar-refractivity contribution in [2.75, 3.05) is 7.11 Å². The highest BCUT2D eigenvalue weighted by Crippen LogP contribution is 2.34. The quantitative estimate of drug-likeness (QED) is 0.755. The van der Waals surface area contributed by atoms with E-state index < -0.39 is 0 Å². The first kappa shape index (κ1) is 14.3. The topological polar surface area (TPSA) is 35.2 Å². The second-order valence-corrected chi connectivity index (χ2v) is 6.23. The summed E-state index contributed by atoms with van der Waals surface area (Å²) < 4.78 is 19.3. The molecule has 0 amide bonds. The molecule has 21 heavy (non-hydrogen) atoms. The molecule has 0 spiro atoms. The fourth-order valence-corrected chi connectivity index (χ4v) is 3.60. The van der Waals surface area contributed by atoms with Gasteiger partial charge < -0.3 is 10.5 Å². The Morgan fingerprint density at radius 1 is 1.19 bits per heavy atom. The molecule has 2 nitrogen and oxygen atoms in total. The van der Waals surface area contributed by atoms with E-state index >= 15 is 0 Å². The van der Waals surface area contributed by atoms with Gasteiger partial charge in [0.05, 0.1) is 18.2 Å². The van der Waals surface area contributed by atoms with E-state index in [9.17, 15) is 4.39 Å². The largest absolute Gasteiger partial charge is 0.495 e. The third kappa shape index (κ3) is 2.75. The highest BCUT2D eigenvalue weighted by Gasteiger charge is 2.14. The number of benzene rings is 2. The Morgan fingerprint density at radius 3 is 2.71 bits per heavy atom. The third-order valence-corrected chi connectivity index (χ3v) is 4.82. The summed E-state index contributed by atoms with van der Waals surface area (Å²) in [6.07, 6.45) is 0. The van der Waals surface area contributed by atoms with Crippen LogP contribution in [-0.4, -0.2) is 7.11 Å². The number of rotatable bonds is 3. The number of thiophene rings is 1. The molecule has 0 aliphatic carbocycles. The van der Waals surface area contributed by atoms with Crippen LogP contribution in [0.1, 0.15) is 16.5 Å². The maximum Gasteiger partial charge on any atom is 0.137 e. The van der Waals surface area contributed by atoms with Crippen LogP contribution in [0.4, 0.5) is 4.39 Å². The number of halogens is 2. The Kier molecular flexibility index (Phi) is 3.85. The van der Waals surface area contributed by atoms with Crippen LogP contribution in [0.3, 0.4) is 0 Å². The predicted molar refractivity (Wildman–Crippen MR) is 85.8 cm³/mol. The molecule has 5 heteroatoms. The molecule has 1 unspecified atom stereocenters. The van der Waals surface area contributed by atoms with E-state index in [0.717, 1.165) is 20.5 Å². The SMILES string of the molecule is COc1ccc(C(N)c2cc3ccc(F)cc3s2)cc1Cl. The second-order valence-electron chi connectivity index (χ2n) is 4.70. The molecular weight excluding hydrogens is 309 g/mol. The fourth-order valence-electron chi connectivity index (χ4n) is 2.22. The lowest BCUT2D eigenvalue weighted by atomic mass is 10.1. The molecular formula is C16H13ClFNOS. The lowest BCUT2D eigenvalue weighted by Crippen LogP contribution is -2.10. The lowest BCUT2D eigenvalue weighted by Gasteiger charge is -2.12. The summed E-state index contributed by atoms with van der Waals surface area (Å²) in [4.78, 5) is 0.969. The average molecular weight is 322 g/mol. The number of hydrogen-bond donors (Lipinski definition) is 1. The zero-order valence-electron chi connectivity index (χ0n) is 11.3. The third-order valence-electron chi connectivity index (χ3n) is 3.34. The van der Waals surface area contributed by atoms with Crippen LogP contribution >= 0.6 is 22.9 Å². The first-order valence-corrected chi connectivity index (χ1v) is 7.56. The Balaban J connectivity index is 1.99. The number of ether oxygens (including phenoxy) is 1. The molecule has 1 atom stereocenters. The highest BCUT2D eigenvalue weighted by molar-refractivity contribution is 7.19. The average Bonchev–Trinajstić information content (AvgIpc) is 2.89. The van der Waals surface area contributed by atoms with E-state index in [2.05, 4.69) is 0 Å². The van der Waals surface area contributed by atoms with Crippen LogP contribution in [0, 0.1) is 5.82 Å². The number of hydrogen-bond acceptors (Lipinski definition) is 3. The molecule has 0 aliphatic heterocycles. The zero-order valence-corrected chi connectivity index (χ0v) is 12.8. The molecule has 108 valence electrons. The van der Waals surface area contributed by atoms with E-state index in [1.165, 1.54) is 23.5 Å². The van der Waals surface area contributed by atoms with E-state index in [0.29, 0.717) is 10.8 Å². The number of nitrogens with two attached hydrogens (primary N) is 1. The Labute approximate surface area is 130 Å². The summed E-state index contributed by atoms with van der Waals surface area (Å²) >= 11 is 7.62. The Bertz CT molecular complexity index is 802. The van der Waals surface area contributed by atoms with Crippen molar-refractivity contribution in [3.8, 4) is 5.75 Å². The van der Waals surface area contributed by atoms with Crippen LogP contribution in [0.15, 0.2) is 42.5 Å². The number of fused-ring (bicyclic) bond motifs is 1. The van der Waals surface area contributed by atoms with Crippen molar-refractivity contribution in [1.29, 1.82) is 0 Å². The standard InChI is InChI=1S/C16H13ClFNOS/c1-20-13-5-3-10(6-12(13)17)16(19)15-7-9-2-4-11(18)8-14(9)21-15/h2-8,16H,19H2,1H3. The van der Waals surface area contributed by atoms with Gasteiger partial charge in [-0.05, 0) is 41.3 Å². The highest BCUT2D eigenvalue weighted by atomic mass is 35.5. The zero-order chi connectivity index (χ0) is 15.0. The molecule has 0 saturated heterocycles. The fraction of sp³-hybridized carbons (Fsp3) is 0.125. The molecule has 0 saturated carbocycles. The van der Waals surface area contributed by atoms with Crippen molar-refractivity contribution < 1.29 is 9.13 Å².